The molecule has 6 heteroatoms. The van der Waals surface area contributed by atoms with Gasteiger partial charge in [0.1, 0.15) is 0 Å². The third-order valence-corrected chi connectivity index (χ3v) is 9.55. The van der Waals surface area contributed by atoms with Crippen molar-refractivity contribution in [1.29, 1.82) is 0 Å². The van der Waals surface area contributed by atoms with Crippen LogP contribution in [-0.2, 0) is 19.1 Å². The van der Waals surface area contributed by atoms with E-state index in [-0.39, 0.29) is 18.5 Å². The Kier molecular flexibility index (Phi) is 36.8. The van der Waals surface area contributed by atoms with Crippen LogP contribution in [0, 0.1) is 5.92 Å². The van der Waals surface area contributed by atoms with Crippen LogP contribution >= 0.6 is 0 Å². The van der Waals surface area contributed by atoms with Crippen LogP contribution in [0.4, 0.5) is 0 Å². The maximum absolute atomic E-state index is 12.5. The van der Waals surface area contributed by atoms with Gasteiger partial charge in [-0.25, -0.2) is 0 Å². The largest absolute Gasteiger partial charge is 0.466 e. The molecule has 0 atom stereocenters. The Morgan fingerprint density at radius 2 is 0.894 bits per heavy atom. The van der Waals surface area contributed by atoms with E-state index in [2.05, 4.69) is 25.7 Å². The lowest BCUT2D eigenvalue weighted by Crippen LogP contribution is -2.29. The summed E-state index contributed by atoms with van der Waals surface area (Å²) in [6.07, 6.45) is 33.7. The van der Waals surface area contributed by atoms with Crippen molar-refractivity contribution in [2.75, 3.05) is 39.5 Å². The molecule has 1 N–H and O–H groups in total. The van der Waals surface area contributed by atoms with Crippen molar-refractivity contribution in [3.05, 3.63) is 0 Å². The third kappa shape index (κ3) is 34.5. The maximum atomic E-state index is 12.5. The first-order chi connectivity index (χ1) is 23.1. The molecule has 6 nitrogen and oxygen atoms in total. The predicted molar refractivity (Wildman–Crippen MR) is 200 cm³/mol. The van der Waals surface area contributed by atoms with E-state index in [1.54, 1.807) is 0 Å². The first kappa shape index (κ1) is 45.9. The van der Waals surface area contributed by atoms with Crippen LogP contribution in [0.1, 0.15) is 207 Å². The second-order valence-electron chi connectivity index (χ2n) is 14.2. The van der Waals surface area contributed by atoms with Gasteiger partial charge in [0.2, 0.25) is 0 Å². The number of aliphatic hydroxyl groups is 1. The summed E-state index contributed by atoms with van der Waals surface area (Å²) in [6.45, 7) is 10.5. The highest BCUT2D eigenvalue weighted by Gasteiger charge is 2.13. The molecule has 0 saturated carbocycles. The minimum atomic E-state index is -0.0790. The highest BCUT2D eigenvalue weighted by molar-refractivity contribution is 5.69. The lowest BCUT2D eigenvalue weighted by atomic mass is 9.94. The zero-order valence-electron chi connectivity index (χ0n) is 31.9. The van der Waals surface area contributed by atoms with Gasteiger partial charge in [0.25, 0.3) is 0 Å². The van der Waals surface area contributed by atoms with Gasteiger partial charge in [-0.2, -0.15) is 0 Å². The molecule has 47 heavy (non-hydrogen) atoms. The predicted octanol–water partition coefficient (Wildman–Crippen LogP) is 11.4. The molecule has 0 fully saturated rings. The summed E-state index contributed by atoms with van der Waals surface area (Å²) in [6, 6.07) is 0. The Labute approximate surface area is 292 Å². The number of hydrogen-bond acceptors (Lipinski definition) is 6. The molecule has 0 unspecified atom stereocenters. The number of carbonyl (C=O) groups excluding carboxylic acids is 2. The van der Waals surface area contributed by atoms with Gasteiger partial charge in [0, 0.05) is 19.4 Å². The summed E-state index contributed by atoms with van der Waals surface area (Å²) in [7, 11) is 0. The number of esters is 2. The Hall–Kier alpha value is -1.14. The van der Waals surface area contributed by atoms with Crippen LogP contribution in [0.2, 0.25) is 0 Å². The number of rotatable bonds is 38. The van der Waals surface area contributed by atoms with Gasteiger partial charge in [-0.3, -0.25) is 9.59 Å². The molecule has 0 spiro atoms. The van der Waals surface area contributed by atoms with Crippen LogP contribution in [-0.4, -0.2) is 61.4 Å². The molecule has 0 heterocycles. The summed E-state index contributed by atoms with van der Waals surface area (Å²) >= 11 is 0. The minimum absolute atomic E-state index is 0.0394. The average molecular weight is 668 g/mol. The second-order valence-corrected chi connectivity index (χ2v) is 14.2. The van der Waals surface area contributed by atoms with Crippen molar-refractivity contribution < 1.29 is 24.2 Å². The quantitative estimate of drug-likeness (QED) is 0.0521. The van der Waals surface area contributed by atoms with Crippen LogP contribution in [0.5, 0.6) is 0 Å². The van der Waals surface area contributed by atoms with E-state index in [4.69, 9.17) is 9.47 Å². The molecule has 0 aromatic heterocycles. The standard InChI is InChI=1S/C41H81NO5/c1-4-7-10-13-16-17-20-28-37-46-40(44)32-25-27-34-42(35-36-43)33-26-21-24-31-41(45)47-38-39(29-22-18-14-11-8-5-2)30-23-19-15-12-9-6-3/h39,43H,4-38H2,1-3H3. The maximum Gasteiger partial charge on any atom is 0.305 e. The second kappa shape index (κ2) is 37.7. The molecule has 0 aromatic carbocycles. The van der Waals surface area contributed by atoms with E-state index in [1.807, 2.05) is 0 Å². The van der Waals surface area contributed by atoms with Crippen LogP contribution in [0.3, 0.4) is 0 Å². The molecule has 0 aromatic rings. The molecule has 280 valence electrons. The van der Waals surface area contributed by atoms with E-state index in [1.165, 1.54) is 128 Å². The van der Waals surface area contributed by atoms with E-state index in [0.717, 1.165) is 58.0 Å². The first-order valence-corrected chi connectivity index (χ1v) is 20.7. The third-order valence-electron chi connectivity index (χ3n) is 9.55. The van der Waals surface area contributed by atoms with E-state index < -0.39 is 0 Å². The van der Waals surface area contributed by atoms with Crippen molar-refractivity contribution in [1.82, 2.24) is 4.90 Å². The van der Waals surface area contributed by atoms with Gasteiger partial charge in [-0.1, -0.05) is 149 Å². The summed E-state index contributed by atoms with van der Waals surface area (Å²) < 4.78 is 11.2. The summed E-state index contributed by atoms with van der Waals surface area (Å²) in [5, 5.41) is 9.50. The monoisotopic (exact) mass is 668 g/mol. The summed E-state index contributed by atoms with van der Waals surface area (Å²) in [5.74, 6) is 0.396. The van der Waals surface area contributed by atoms with Gasteiger partial charge >= 0.3 is 11.9 Å². The molecular formula is C41H81NO5. The highest BCUT2D eigenvalue weighted by atomic mass is 16.5. The number of unbranched alkanes of at least 4 members (excludes halogenated alkanes) is 20. The molecule has 0 bridgehead atoms. The van der Waals surface area contributed by atoms with Gasteiger partial charge in [0.05, 0.1) is 19.8 Å². The van der Waals surface area contributed by atoms with E-state index in [0.29, 0.717) is 38.5 Å². The Morgan fingerprint density at radius 3 is 1.40 bits per heavy atom. The van der Waals surface area contributed by atoms with E-state index >= 15 is 0 Å². The topological polar surface area (TPSA) is 76.1 Å². The fourth-order valence-corrected chi connectivity index (χ4v) is 6.38. The van der Waals surface area contributed by atoms with Crippen molar-refractivity contribution in [2.24, 2.45) is 5.92 Å². The number of nitrogens with zero attached hydrogens (tertiary/aromatic N) is 1. The molecule has 0 amide bonds. The van der Waals surface area contributed by atoms with Crippen molar-refractivity contribution in [3.8, 4) is 0 Å². The normalized spacial score (nSPS) is 11.5. The molecular weight excluding hydrogens is 586 g/mol. The number of hydrogen-bond donors (Lipinski definition) is 1. The summed E-state index contributed by atoms with van der Waals surface area (Å²) in [4.78, 5) is 26.9. The van der Waals surface area contributed by atoms with Crippen LogP contribution in [0.15, 0.2) is 0 Å². The first-order valence-electron chi connectivity index (χ1n) is 20.7. The Morgan fingerprint density at radius 1 is 0.489 bits per heavy atom. The summed E-state index contributed by atoms with van der Waals surface area (Å²) in [5.41, 5.74) is 0. The van der Waals surface area contributed by atoms with Crippen LogP contribution < -0.4 is 0 Å². The van der Waals surface area contributed by atoms with Gasteiger partial charge in [-0.15, -0.1) is 0 Å². The van der Waals surface area contributed by atoms with Gasteiger partial charge in [-0.05, 0) is 64.0 Å². The molecule has 0 rings (SSSR count). The van der Waals surface area contributed by atoms with Crippen molar-refractivity contribution >= 4 is 11.9 Å². The number of carbonyl (C=O) groups is 2. The molecule has 0 aliphatic heterocycles. The molecule has 0 aliphatic carbocycles. The SMILES string of the molecule is CCCCCCCCCCOC(=O)CCCCN(CCO)CCCCCC(=O)OCC(CCCCCCCC)CCCCCCCC. The Bertz CT molecular complexity index is 642. The molecule has 0 aliphatic rings. The highest BCUT2D eigenvalue weighted by Crippen LogP contribution is 2.20. The lowest BCUT2D eigenvalue weighted by molar-refractivity contribution is -0.145. The number of aliphatic hydroxyl groups excluding tert-OH is 1. The zero-order valence-corrected chi connectivity index (χ0v) is 31.9. The zero-order chi connectivity index (χ0) is 34.5. The molecule has 0 radical (unpaired) electrons. The number of ether oxygens (including phenoxy) is 2. The van der Waals surface area contributed by atoms with Crippen molar-refractivity contribution in [3.63, 3.8) is 0 Å². The van der Waals surface area contributed by atoms with Crippen LogP contribution in [0.25, 0.3) is 0 Å². The fourth-order valence-electron chi connectivity index (χ4n) is 6.38. The Balaban J connectivity index is 4.04. The molecule has 0 saturated heterocycles. The van der Waals surface area contributed by atoms with E-state index in [9.17, 15) is 14.7 Å². The smallest absolute Gasteiger partial charge is 0.305 e. The average Bonchev–Trinajstić information content (AvgIpc) is 3.07. The van der Waals surface area contributed by atoms with Gasteiger partial charge < -0.3 is 19.5 Å². The van der Waals surface area contributed by atoms with Crippen molar-refractivity contribution in [2.45, 2.75) is 207 Å². The minimum Gasteiger partial charge on any atom is -0.466 e. The fraction of sp³-hybridized carbons (Fsp3) is 0.951. The lowest BCUT2D eigenvalue weighted by Gasteiger charge is -2.21. The van der Waals surface area contributed by atoms with Gasteiger partial charge in [0.15, 0.2) is 0 Å².